The normalized spacial score (nSPS) is 13.5. The topological polar surface area (TPSA) is 26.3 Å². The molecule has 1 rings (SSSR count). The lowest BCUT2D eigenvalue weighted by Crippen LogP contribution is -2.22. The van der Waals surface area contributed by atoms with E-state index in [2.05, 4.69) is 4.74 Å². The highest BCUT2D eigenvalue weighted by Gasteiger charge is 2.36. The number of alkyl halides is 6. The largest absolute Gasteiger partial charge is 0.573 e. The fourth-order valence-corrected chi connectivity index (χ4v) is 1.48. The van der Waals surface area contributed by atoms with Crippen LogP contribution in [-0.4, -0.2) is 17.5 Å². The van der Waals surface area contributed by atoms with Crippen molar-refractivity contribution in [1.82, 2.24) is 0 Å². The van der Waals surface area contributed by atoms with Gasteiger partial charge in [0.25, 0.3) is 6.43 Å². The molecule has 0 fully saturated rings. The molecule has 1 unspecified atom stereocenters. The minimum atomic E-state index is -5.18. The van der Waals surface area contributed by atoms with Gasteiger partial charge >= 0.3 is 6.36 Å². The van der Waals surface area contributed by atoms with Crippen LogP contribution in [0.3, 0.4) is 0 Å². The molecule has 2 nitrogen and oxygen atoms in total. The van der Waals surface area contributed by atoms with Crippen molar-refractivity contribution in [2.45, 2.75) is 25.1 Å². The van der Waals surface area contributed by atoms with Crippen molar-refractivity contribution in [2.75, 3.05) is 0 Å². The molecule has 0 aromatic heterocycles. The molecule has 1 aromatic rings. The summed E-state index contributed by atoms with van der Waals surface area (Å²) in [6.07, 6.45) is -8.40. The van der Waals surface area contributed by atoms with E-state index in [-0.39, 0.29) is 0 Å². The quantitative estimate of drug-likeness (QED) is 0.470. The molecule has 0 radical (unpaired) electrons. The second-order valence-corrected chi connectivity index (χ2v) is 4.21. The minimum Gasteiger partial charge on any atom is -0.404 e. The van der Waals surface area contributed by atoms with E-state index in [9.17, 15) is 26.7 Å². The maximum atomic E-state index is 12.7. The Morgan fingerprint density at radius 1 is 1.32 bits per heavy atom. The molecule has 1 atom stereocenters. The van der Waals surface area contributed by atoms with Crippen molar-refractivity contribution >= 4 is 17.4 Å². The number of ketones is 1. The van der Waals surface area contributed by atoms with Gasteiger partial charge in [0, 0.05) is 0 Å². The Morgan fingerprint density at radius 3 is 2.32 bits per heavy atom. The highest BCUT2D eigenvalue weighted by atomic mass is 35.5. The number of carbonyl (C=O) groups excluding carboxylic acids is 1. The Balaban J connectivity index is 3.38. The number of rotatable bonds is 4. The molecule has 0 amide bonds. The van der Waals surface area contributed by atoms with Gasteiger partial charge < -0.3 is 4.74 Å². The molecule has 0 spiro atoms. The Hall–Kier alpha value is -1.37. The molecule has 0 aliphatic heterocycles. The third kappa shape index (κ3) is 4.05. The lowest BCUT2D eigenvalue weighted by molar-refractivity contribution is -0.275. The van der Waals surface area contributed by atoms with Crippen molar-refractivity contribution in [3.63, 3.8) is 0 Å². The summed E-state index contributed by atoms with van der Waals surface area (Å²) in [5.41, 5.74) is -1.64. The van der Waals surface area contributed by atoms with Gasteiger partial charge in [0.2, 0.25) is 0 Å². The van der Waals surface area contributed by atoms with E-state index in [0.717, 1.165) is 18.2 Å². The summed E-state index contributed by atoms with van der Waals surface area (Å²) >= 11 is 5.46. The van der Waals surface area contributed by atoms with Crippen LogP contribution in [0.15, 0.2) is 18.2 Å². The van der Waals surface area contributed by atoms with Gasteiger partial charge in [-0.05, 0) is 19.1 Å². The van der Waals surface area contributed by atoms with Gasteiger partial charge in [0.1, 0.15) is 5.75 Å². The molecular formula is C11H8ClF5O2. The van der Waals surface area contributed by atoms with Crippen molar-refractivity contribution in [3.8, 4) is 5.75 Å². The highest BCUT2D eigenvalue weighted by molar-refractivity contribution is 6.34. The van der Waals surface area contributed by atoms with Crippen molar-refractivity contribution in [2.24, 2.45) is 0 Å². The summed E-state index contributed by atoms with van der Waals surface area (Å²) in [7, 11) is 0. The molecule has 8 heteroatoms. The number of benzene rings is 1. The van der Waals surface area contributed by atoms with Crippen LogP contribution in [0, 0.1) is 0 Å². The second kappa shape index (κ2) is 5.73. The monoisotopic (exact) mass is 302 g/mol. The van der Waals surface area contributed by atoms with Gasteiger partial charge in [-0.2, -0.15) is 0 Å². The zero-order valence-corrected chi connectivity index (χ0v) is 10.2. The molecule has 0 bridgehead atoms. The predicted molar refractivity (Wildman–Crippen MR) is 57.7 cm³/mol. The summed E-state index contributed by atoms with van der Waals surface area (Å²) < 4.78 is 65.5. The Morgan fingerprint density at radius 2 is 1.89 bits per heavy atom. The number of halogens is 6. The molecule has 0 saturated heterocycles. The first-order chi connectivity index (χ1) is 8.63. The molecule has 0 aliphatic rings. The van der Waals surface area contributed by atoms with E-state index in [4.69, 9.17) is 11.6 Å². The smallest absolute Gasteiger partial charge is 0.404 e. The molecule has 1 aromatic carbocycles. The van der Waals surface area contributed by atoms with Crippen LogP contribution in [0.25, 0.3) is 0 Å². The van der Waals surface area contributed by atoms with Crippen LogP contribution >= 0.6 is 11.6 Å². The third-order valence-electron chi connectivity index (χ3n) is 2.13. The third-order valence-corrected chi connectivity index (χ3v) is 2.32. The standard InChI is InChI=1S/C11H8ClF5O2/c1-5(12)8(18)6-3-2-4-7(10(13)14)9(6)19-11(15,16)17/h2-5,10H,1H3. The number of Topliss-reactive ketones (excluding diaryl/α,β-unsaturated/α-hetero) is 1. The van der Waals surface area contributed by atoms with E-state index in [0.29, 0.717) is 0 Å². The van der Waals surface area contributed by atoms with Crippen LogP contribution in [-0.2, 0) is 0 Å². The zero-order chi connectivity index (χ0) is 14.8. The number of hydrogen-bond donors (Lipinski definition) is 0. The second-order valence-electron chi connectivity index (χ2n) is 3.55. The van der Waals surface area contributed by atoms with Gasteiger partial charge in [-0.1, -0.05) is 6.07 Å². The lowest BCUT2D eigenvalue weighted by atomic mass is 10.0. The maximum absolute atomic E-state index is 12.7. The molecule has 0 aliphatic carbocycles. The average molecular weight is 303 g/mol. The SMILES string of the molecule is CC(Cl)C(=O)c1cccc(C(F)F)c1OC(F)(F)F. The minimum absolute atomic E-state index is 0.627. The first-order valence-electron chi connectivity index (χ1n) is 4.98. The van der Waals surface area contributed by atoms with Gasteiger partial charge in [0.15, 0.2) is 5.78 Å². The Kier molecular flexibility index (Phi) is 4.73. The van der Waals surface area contributed by atoms with Crippen LogP contribution in [0.2, 0.25) is 0 Å². The van der Waals surface area contributed by atoms with E-state index in [1.807, 2.05) is 0 Å². The Labute approximate surface area is 110 Å². The van der Waals surface area contributed by atoms with Gasteiger partial charge in [-0.15, -0.1) is 24.8 Å². The highest BCUT2D eigenvalue weighted by Crippen LogP contribution is 2.36. The van der Waals surface area contributed by atoms with Crippen molar-refractivity contribution in [1.29, 1.82) is 0 Å². The number of hydrogen-bond acceptors (Lipinski definition) is 2. The van der Waals surface area contributed by atoms with Crippen LogP contribution in [0.5, 0.6) is 5.75 Å². The summed E-state index contributed by atoms with van der Waals surface area (Å²) in [6, 6.07) is 2.74. The molecule has 19 heavy (non-hydrogen) atoms. The summed E-state index contributed by atoms with van der Waals surface area (Å²) in [6.45, 7) is 1.22. The summed E-state index contributed by atoms with van der Waals surface area (Å²) in [5.74, 6) is -2.13. The zero-order valence-electron chi connectivity index (χ0n) is 9.47. The van der Waals surface area contributed by atoms with Gasteiger partial charge in [-0.25, -0.2) is 8.78 Å². The first-order valence-corrected chi connectivity index (χ1v) is 5.42. The van der Waals surface area contributed by atoms with E-state index >= 15 is 0 Å². The number of para-hydroxylation sites is 1. The van der Waals surface area contributed by atoms with Crippen LogP contribution in [0.1, 0.15) is 29.3 Å². The van der Waals surface area contributed by atoms with Gasteiger partial charge in [0.05, 0.1) is 16.5 Å². The van der Waals surface area contributed by atoms with Crippen molar-refractivity contribution < 1.29 is 31.5 Å². The predicted octanol–water partition coefficient (Wildman–Crippen LogP) is 4.33. The summed E-state index contributed by atoms with van der Waals surface area (Å²) in [4.78, 5) is 11.6. The lowest BCUT2D eigenvalue weighted by Gasteiger charge is -2.16. The summed E-state index contributed by atoms with van der Waals surface area (Å²) in [5, 5.41) is -1.16. The van der Waals surface area contributed by atoms with Crippen LogP contribution < -0.4 is 4.74 Å². The molecule has 0 N–H and O–H groups in total. The van der Waals surface area contributed by atoms with E-state index < -0.39 is 40.8 Å². The molecule has 106 valence electrons. The number of carbonyl (C=O) groups is 1. The maximum Gasteiger partial charge on any atom is 0.573 e. The first kappa shape index (κ1) is 15.7. The fraction of sp³-hybridized carbons (Fsp3) is 0.364. The fourth-order valence-electron chi connectivity index (χ4n) is 1.36. The average Bonchev–Trinajstić information content (AvgIpc) is 2.25. The van der Waals surface area contributed by atoms with Crippen LogP contribution in [0.4, 0.5) is 22.0 Å². The van der Waals surface area contributed by atoms with E-state index in [1.165, 1.54) is 6.92 Å². The Bertz CT molecular complexity index is 471. The van der Waals surface area contributed by atoms with Crippen molar-refractivity contribution in [3.05, 3.63) is 29.3 Å². The molecular weight excluding hydrogens is 295 g/mol. The van der Waals surface area contributed by atoms with E-state index in [1.54, 1.807) is 0 Å². The molecule has 0 saturated carbocycles. The molecule has 0 heterocycles. The number of ether oxygens (including phenoxy) is 1. The van der Waals surface area contributed by atoms with Gasteiger partial charge in [-0.3, -0.25) is 4.79 Å².